The first kappa shape index (κ1) is 15.9. The standard InChI is InChI=1S/C16H21N5OS/c1-11(15(22)18-13-9-5-6-10-13)23-16-20-19-14(21(16)17)12-7-3-2-4-8-12/h2-4,7-8,11,13H,5-6,9-10,17H2,1H3,(H,18,22). The summed E-state index contributed by atoms with van der Waals surface area (Å²) >= 11 is 1.33. The molecule has 2 aromatic rings. The molecule has 1 atom stereocenters. The normalized spacial score (nSPS) is 16.4. The molecule has 0 spiro atoms. The molecule has 0 saturated heterocycles. The zero-order chi connectivity index (χ0) is 16.2. The van der Waals surface area contributed by atoms with Gasteiger partial charge in [-0.15, -0.1) is 10.2 Å². The van der Waals surface area contributed by atoms with Crippen molar-refractivity contribution >= 4 is 17.7 Å². The van der Waals surface area contributed by atoms with Crippen molar-refractivity contribution in [1.82, 2.24) is 20.2 Å². The number of carbonyl (C=O) groups excluding carboxylic acids is 1. The van der Waals surface area contributed by atoms with Crippen LogP contribution < -0.4 is 11.2 Å². The van der Waals surface area contributed by atoms with Crippen LogP contribution in [0.2, 0.25) is 0 Å². The fourth-order valence-corrected chi connectivity index (χ4v) is 3.52. The number of hydrogen-bond acceptors (Lipinski definition) is 5. The fourth-order valence-electron chi connectivity index (χ4n) is 2.74. The van der Waals surface area contributed by atoms with E-state index in [9.17, 15) is 4.79 Å². The molecule has 122 valence electrons. The van der Waals surface area contributed by atoms with E-state index in [1.165, 1.54) is 29.3 Å². The molecule has 1 aromatic carbocycles. The summed E-state index contributed by atoms with van der Waals surface area (Å²) in [5, 5.41) is 11.6. The minimum atomic E-state index is -0.259. The average molecular weight is 331 g/mol. The molecule has 0 aliphatic heterocycles. The Morgan fingerprint density at radius 1 is 1.30 bits per heavy atom. The Hall–Kier alpha value is -2.02. The number of nitrogen functional groups attached to an aromatic ring is 1. The second-order valence-corrected chi connectivity index (χ2v) is 7.10. The van der Waals surface area contributed by atoms with E-state index in [0.29, 0.717) is 17.0 Å². The van der Waals surface area contributed by atoms with Crippen molar-refractivity contribution in [2.24, 2.45) is 0 Å². The molecule has 6 nitrogen and oxygen atoms in total. The first-order chi connectivity index (χ1) is 11.1. The predicted octanol–water partition coefficient (Wildman–Crippen LogP) is 2.20. The number of carbonyl (C=O) groups is 1. The highest BCUT2D eigenvalue weighted by Crippen LogP contribution is 2.25. The van der Waals surface area contributed by atoms with Gasteiger partial charge in [0.15, 0.2) is 5.82 Å². The number of hydrogen-bond donors (Lipinski definition) is 2. The number of thioether (sulfide) groups is 1. The Balaban J connectivity index is 1.66. The molecule has 1 unspecified atom stereocenters. The molecule has 1 aromatic heterocycles. The van der Waals surface area contributed by atoms with Gasteiger partial charge in [0.05, 0.1) is 5.25 Å². The zero-order valence-corrected chi connectivity index (χ0v) is 13.9. The van der Waals surface area contributed by atoms with Crippen LogP contribution in [0.5, 0.6) is 0 Å². The van der Waals surface area contributed by atoms with Crippen molar-refractivity contribution in [3.05, 3.63) is 30.3 Å². The molecule has 7 heteroatoms. The second-order valence-electron chi connectivity index (χ2n) is 5.79. The molecular weight excluding hydrogens is 310 g/mol. The molecule has 0 bridgehead atoms. The van der Waals surface area contributed by atoms with Crippen LogP contribution in [0.3, 0.4) is 0 Å². The summed E-state index contributed by atoms with van der Waals surface area (Å²) in [4.78, 5) is 12.3. The lowest BCUT2D eigenvalue weighted by molar-refractivity contribution is -0.120. The number of nitrogens with one attached hydrogen (secondary N) is 1. The highest BCUT2D eigenvalue weighted by atomic mass is 32.2. The molecule has 0 radical (unpaired) electrons. The molecule has 1 aliphatic rings. The topological polar surface area (TPSA) is 85.8 Å². The van der Waals surface area contributed by atoms with E-state index in [1.807, 2.05) is 37.3 Å². The largest absolute Gasteiger partial charge is 0.352 e. The van der Waals surface area contributed by atoms with Gasteiger partial charge in [0.2, 0.25) is 11.1 Å². The zero-order valence-electron chi connectivity index (χ0n) is 13.1. The number of rotatable bonds is 5. The number of nitrogens with zero attached hydrogens (tertiary/aromatic N) is 3. The highest BCUT2D eigenvalue weighted by Gasteiger charge is 2.23. The van der Waals surface area contributed by atoms with Crippen LogP contribution in [0.15, 0.2) is 35.5 Å². The Morgan fingerprint density at radius 3 is 2.70 bits per heavy atom. The maximum atomic E-state index is 12.3. The van der Waals surface area contributed by atoms with E-state index >= 15 is 0 Å². The maximum Gasteiger partial charge on any atom is 0.233 e. The monoisotopic (exact) mass is 331 g/mol. The Bertz CT molecular complexity index is 666. The summed E-state index contributed by atoms with van der Waals surface area (Å²) in [5.74, 6) is 6.71. The number of amides is 1. The lowest BCUT2D eigenvalue weighted by atomic mass is 10.2. The van der Waals surface area contributed by atoms with Crippen LogP contribution in [-0.2, 0) is 4.79 Å². The minimum Gasteiger partial charge on any atom is -0.352 e. The van der Waals surface area contributed by atoms with Crippen molar-refractivity contribution < 1.29 is 4.79 Å². The van der Waals surface area contributed by atoms with Crippen LogP contribution in [-0.4, -0.2) is 32.1 Å². The Morgan fingerprint density at radius 2 is 2.00 bits per heavy atom. The van der Waals surface area contributed by atoms with Gasteiger partial charge in [-0.1, -0.05) is 54.9 Å². The molecule has 23 heavy (non-hydrogen) atoms. The summed E-state index contributed by atoms with van der Waals surface area (Å²) in [6, 6.07) is 9.96. The molecule has 3 N–H and O–H groups in total. The van der Waals surface area contributed by atoms with E-state index in [0.717, 1.165) is 18.4 Å². The van der Waals surface area contributed by atoms with Crippen molar-refractivity contribution in [3.8, 4) is 11.4 Å². The average Bonchev–Trinajstić information content (AvgIpc) is 3.19. The Labute approximate surface area is 139 Å². The summed E-state index contributed by atoms with van der Waals surface area (Å²) in [6.07, 6.45) is 4.55. The summed E-state index contributed by atoms with van der Waals surface area (Å²) in [7, 11) is 0. The molecule has 1 aliphatic carbocycles. The first-order valence-electron chi connectivity index (χ1n) is 7.88. The van der Waals surface area contributed by atoms with Crippen LogP contribution >= 0.6 is 11.8 Å². The van der Waals surface area contributed by atoms with E-state index in [-0.39, 0.29) is 11.2 Å². The van der Waals surface area contributed by atoms with Crippen LogP contribution in [0.25, 0.3) is 11.4 Å². The molecule has 1 amide bonds. The smallest absolute Gasteiger partial charge is 0.233 e. The van der Waals surface area contributed by atoms with Gasteiger partial charge < -0.3 is 11.2 Å². The third kappa shape index (κ3) is 3.67. The van der Waals surface area contributed by atoms with Crippen molar-refractivity contribution in [2.75, 3.05) is 5.84 Å². The van der Waals surface area contributed by atoms with Crippen LogP contribution in [0.4, 0.5) is 0 Å². The quantitative estimate of drug-likeness (QED) is 0.648. The number of aromatic nitrogens is 3. The summed E-state index contributed by atoms with van der Waals surface area (Å²) in [5.41, 5.74) is 0.900. The van der Waals surface area contributed by atoms with Gasteiger partial charge in [0.1, 0.15) is 0 Å². The lowest BCUT2D eigenvalue weighted by Gasteiger charge is -2.15. The van der Waals surface area contributed by atoms with Crippen molar-refractivity contribution in [1.29, 1.82) is 0 Å². The molecule has 1 heterocycles. The number of nitrogens with two attached hydrogens (primary N) is 1. The predicted molar refractivity (Wildman–Crippen MR) is 91.3 cm³/mol. The maximum absolute atomic E-state index is 12.3. The van der Waals surface area contributed by atoms with Gasteiger partial charge in [-0.3, -0.25) is 4.79 Å². The van der Waals surface area contributed by atoms with Gasteiger partial charge in [0, 0.05) is 11.6 Å². The van der Waals surface area contributed by atoms with Gasteiger partial charge >= 0.3 is 0 Å². The van der Waals surface area contributed by atoms with Gasteiger partial charge in [-0.2, -0.15) is 0 Å². The van der Waals surface area contributed by atoms with E-state index in [4.69, 9.17) is 5.84 Å². The minimum absolute atomic E-state index is 0.0335. The number of benzene rings is 1. The van der Waals surface area contributed by atoms with Gasteiger partial charge in [-0.25, -0.2) is 4.68 Å². The first-order valence-corrected chi connectivity index (χ1v) is 8.76. The van der Waals surface area contributed by atoms with Crippen LogP contribution in [0.1, 0.15) is 32.6 Å². The van der Waals surface area contributed by atoms with Crippen molar-refractivity contribution in [3.63, 3.8) is 0 Å². The third-order valence-electron chi connectivity index (χ3n) is 4.05. The second kappa shape index (κ2) is 7.04. The fraction of sp³-hybridized carbons (Fsp3) is 0.438. The van der Waals surface area contributed by atoms with E-state index in [1.54, 1.807) is 0 Å². The third-order valence-corrected chi connectivity index (χ3v) is 5.11. The summed E-state index contributed by atoms with van der Waals surface area (Å²) in [6.45, 7) is 1.87. The SMILES string of the molecule is CC(Sc1nnc(-c2ccccc2)n1N)C(=O)NC1CCCC1. The highest BCUT2D eigenvalue weighted by molar-refractivity contribution is 8.00. The molecule has 1 fully saturated rings. The summed E-state index contributed by atoms with van der Waals surface area (Å²) < 4.78 is 1.44. The molecular formula is C16H21N5OS. The van der Waals surface area contributed by atoms with Crippen LogP contribution in [0, 0.1) is 0 Å². The van der Waals surface area contributed by atoms with Gasteiger partial charge in [0.25, 0.3) is 0 Å². The van der Waals surface area contributed by atoms with E-state index in [2.05, 4.69) is 15.5 Å². The van der Waals surface area contributed by atoms with E-state index < -0.39 is 0 Å². The van der Waals surface area contributed by atoms with Crippen molar-refractivity contribution in [2.45, 2.75) is 49.1 Å². The molecule has 1 saturated carbocycles. The molecule has 3 rings (SSSR count). The van der Waals surface area contributed by atoms with Gasteiger partial charge in [-0.05, 0) is 19.8 Å². The Kier molecular flexibility index (Phi) is 4.85. The lowest BCUT2D eigenvalue weighted by Crippen LogP contribution is -2.37.